The lowest BCUT2D eigenvalue weighted by Gasteiger charge is -2.04. The zero-order chi connectivity index (χ0) is 18.8. The molecule has 1 heterocycles. The molecule has 0 aliphatic carbocycles. The van der Waals surface area contributed by atoms with E-state index in [-0.39, 0.29) is 30.9 Å². The number of furan rings is 1. The highest BCUT2D eigenvalue weighted by Gasteiger charge is 2.35. The molecule has 0 amide bonds. The summed E-state index contributed by atoms with van der Waals surface area (Å²) in [4.78, 5) is 21.0. The molecule has 0 bridgehead atoms. The van der Waals surface area contributed by atoms with Crippen molar-refractivity contribution in [3.8, 4) is 0 Å². The summed E-state index contributed by atoms with van der Waals surface area (Å²) in [7, 11) is 0. The summed E-state index contributed by atoms with van der Waals surface area (Å²) < 4.78 is 5.33. The number of nitro benzene ring substituents is 2. The largest absolute Gasteiger partial charge is 0.441 e. The number of fused-ring (bicyclic) bond motifs is 3. The topological polar surface area (TPSA) is 99.4 Å². The van der Waals surface area contributed by atoms with Crippen molar-refractivity contribution in [1.29, 1.82) is 0 Å². The van der Waals surface area contributed by atoms with Gasteiger partial charge in [0.15, 0.2) is 0 Å². The van der Waals surface area contributed by atoms with Crippen molar-refractivity contribution in [2.24, 2.45) is 0 Å². The zero-order valence-corrected chi connectivity index (χ0v) is 15.7. The van der Waals surface area contributed by atoms with Crippen molar-refractivity contribution < 1.29 is 14.3 Å². The molecule has 0 aliphatic heterocycles. The van der Waals surface area contributed by atoms with Crippen LogP contribution in [0.2, 0.25) is 30.1 Å². The molecule has 2 aromatic carbocycles. The number of benzene rings is 2. The van der Waals surface area contributed by atoms with Gasteiger partial charge in [-0.3, -0.25) is 20.2 Å². The normalized spacial score (nSPS) is 11.4. The lowest BCUT2D eigenvalue weighted by atomic mass is 10.1. The number of hydrogen-bond acceptors (Lipinski definition) is 5. The van der Waals surface area contributed by atoms with Gasteiger partial charge in [0.05, 0.1) is 40.7 Å². The number of hydrogen-bond donors (Lipinski definition) is 0. The third kappa shape index (κ3) is 2.50. The van der Waals surface area contributed by atoms with Gasteiger partial charge < -0.3 is 4.42 Å². The zero-order valence-electron chi connectivity index (χ0n) is 11.2. The van der Waals surface area contributed by atoms with E-state index in [9.17, 15) is 20.2 Å². The second-order valence-electron chi connectivity index (χ2n) is 4.61. The maximum Gasteiger partial charge on any atom is 0.332 e. The van der Waals surface area contributed by atoms with Crippen LogP contribution in [-0.4, -0.2) is 9.85 Å². The molecule has 0 saturated heterocycles. The van der Waals surface area contributed by atoms with E-state index in [2.05, 4.69) is 0 Å². The van der Waals surface area contributed by atoms with E-state index >= 15 is 0 Å². The van der Waals surface area contributed by atoms with Crippen LogP contribution in [0.5, 0.6) is 0 Å². The smallest absolute Gasteiger partial charge is 0.332 e. The first-order valence-corrected chi connectivity index (χ1v) is 8.24. The number of rotatable bonds is 2. The molecular weight excluding hydrogens is 465 g/mol. The minimum Gasteiger partial charge on any atom is -0.441 e. The van der Waals surface area contributed by atoms with Crippen LogP contribution in [0.1, 0.15) is 0 Å². The van der Waals surface area contributed by atoms with Crippen LogP contribution in [0.3, 0.4) is 0 Å². The number of nitrogens with zero attached hydrogens (tertiary/aromatic N) is 2. The molecule has 0 saturated carbocycles. The molecule has 0 fully saturated rings. The van der Waals surface area contributed by atoms with Crippen LogP contribution < -0.4 is 0 Å². The SMILES string of the molecule is O=[N+]([O-])c1c(Cl)c(Cl)c(Cl)c2c1oc1c([N+](=O)[O-])c(Cl)c(Cl)c(Cl)c12. The molecule has 0 radical (unpaired) electrons. The molecule has 0 atom stereocenters. The summed E-state index contributed by atoms with van der Waals surface area (Å²) in [6.07, 6.45) is 0. The van der Waals surface area contributed by atoms with E-state index in [0.717, 1.165) is 0 Å². The fourth-order valence-electron chi connectivity index (χ4n) is 2.33. The van der Waals surface area contributed by atoms with Crippen LogP contribution in [0.15, 0.2) is 4.42 Å². The second kappa shape index (κ2) is 6.19. The van der Waals surface area contributed by atoms with Gasteiger partial charge in [-0.2, -0.15) is 0 Å². The summed E-state index contributed by atoms with van der Waals surface area (Å²) in [5, 5.41) is 20.3. The van der Waals surface area contributed by atoms with Crippen molar-refractivity contribution in [3.05, 3.63) is 50.4 Å². The molecule has 0 spiro atoms. The summed E-state index contributed by atoms with van der Waals surface area (Å²) in [5.41, 5.74) is -2.33. The van der Waals surface area contributed by atoms with E-state index in [1.165, 1.54) is 0 Å². The Morgan fingerprint density at radius 3 is 1.20 bits per heavy atom. The molecule has 13 heteroatoms. The second-order valence-corrected chi connectivity index (χ2v) is 6.87. The summed E-state index contributed by atoms with van der Waals surface area (Å²) in [6, 6.07) is 0. The van der Waals surface area contributed by atoms with Gasteiger partial charge in [-0.05, 0) is 0 Å². The van der Waals surface area contributed by atoms with Crippen LogP contribution >= 0.6 is 69.6 Å². The average Bonchev–Trinajstić information content (AvgIpc) is 2.89. The van der Waals surface area contributed by atoms with E-state index in [4.69, 9.17) is 74.0 Å². The third-order valence-corrected chi connectivity index (χ3v) is 5.96. The molecule has 0 N–H and O–H groups in total. The maximum absolute atomic E-state index is 11.4. The highest BCUT2D eigenvalue weighted by molar-refractivity contribution is 6.56. The van der Waals surface area contributed by atoms with Crippen molar-refractivity contribution in [2.75, 3.05) is 0 Å². The molecule has 25 heavy (non-hydrogen) atoms. The van der Waals surface area contributed by atoms with Crippen LogP contribution in [0, 0.1) is 20.2 Å². The van der Waals surface area contributed by atoms with Gasteiger partial charge in [-0.1, -0.05) is 69.6 Å². The Balaban J connectivity index is 2.77. The Morgan fingerprint density at radius 2 is 0.920 bits per heavy atom. The molecule has 3 aromatic rings. The Kier molecular flexibility index (Phi) is 4.60. The van der Waals surface area contributed by atoms with Gasteiger partial charge in [0.25, 0.3) is 0 Å². The van der Waals surface area contributed by atoms with Crippen LogP contribution in [-0.2, 0) is 0 Å². The third-order valence-electron chi connectivity index (χ3n) is 3.33. The first kappa shape index (κ1) is 18.6. The van der Waals surface area contributed by atoms with Gasteiger partial charge in [0.1, 0.15) is 10.0 Å². The van der Waals surface area contributed by atoms with Crippen LogP contribution in [0.4, 0.5) is 11.4 Å². The predicted molar refractivity (Wildman–Crippen MR) is 97.1 cm³/mol. The van der Waals surface area contributed by atoms with Gasteiger partial charge in [0.2, 0.25) is 11.2 Å². The molecule has 3 rings (SSSR count). The Hall–Kier alpha value is -1.22. The summed E-state index contributed by atoms with van der Waals surface area (Å²) in [6.45, 7) is 0. The van der Waals surface area contributed by atoms with E-state index < -0.39 is 42.4 Å². The minimum absolute atomic E-state index is 0.135. The Morgan fingerprint density at radius 1 is 0.600 bits per heavy atom. The monoisotopic (exact) mass is 462 g/mol. The standard InChI is InChI=1S/C12Cl6N2O5/c13-3-1-2-4(14)6(16)8(18)10(20(23)24)12(2)25-11(1)9(19(21)22)7(17)5(3)15. The maximum atomic E-state index is 11.4. The molecule has 0 aliphatic rings. The number of nitro groups is 2. The Labute approximate surface area is 167 Å². The van der Waals surface area contributed by atoms with Gasteiger partial charge in [-0.15, -0.1) is 0 Å². The van der Waals surface area contributed by atoms with Crippen molar-refractivity contribution in [3.63, 3.8) is 0 Å². The van der Waals surface area contributed by atoms with Crippen molar-refractivity contribution in [1.82, 2.24) is 0 Å². The molecule has 0 unspecified atom stereocenters. The number of halogens is 6. The van der Waals surface area contributed by atoms with Crippen molar-refractivity contribution in [2.45, 2.75) is 0 Å². The van der Waals surface area contributed by atoms with Gasteiger partial charge in [-0.25, -0.2) is 0 Å². The highest BCUT2D eigenvalue weighted by atomic mass is 35.5. The molecule has 7 nitrogen and oxygen atoms in total. The van der Waals surface area contributed by atoms with E-state index in [1.54, 1.807) is 0 Å². The fourth-order valence-corrected chi connectivity index (χ4v) is 3.84. The average molecular weight is 465 g/mol. The first-order valence-electron chi connectivity index (χ1n) is 5.97. The quantitative estimate of drug-likeness (QED) is 0.224. The lowest BCUT2D eigenvalue weighted by molar-refractivity contribution is -0.384. The van der Waals surface area contributed by atoms with E-state index in [0.29, 0.717) is 0 Å². The predicted octanol–water partition coefficient (Wildman–Crippen LogP) is 7.32. The minimum atomic E-state index is -0.863. The van der Waals surface area contributed by atoms with Crippen LogP contribution in [0.25, 0.3) is 21.9 Å². The summed E-state index contributed by atoms with van der Waals surface area (Å²) in [5.74, 6) is 0. The van der Waals surface area contributed by atoms with Gasteiger partial charge >= 0.3 is 11.4 Å². The molecule has 1 aromatic heterocycles. The van der Waals surface area contributed by atoms with E-state index in [1.807, 2.05) is 0 Å². The first-order chi connectivity index (χ1) is 11.6. The van der Waals surface area contributed by atoms with Gasteiger partial charge in [0, 0.05) is 0 Å². The van der Waals surface area contributed by atoms with Crippen molar-refractivity contribution >= 4 is 103 Å². The lowest BCUT2D eigenvalue weighted by Crippen LogP contribution is -1.92. The fraction of sp³-hybridized carbons (Fsp3) is 0. The highest BCUT2D eigenvalue weighted by Crippen LogP contribution is 2.54. The summed E-state index contributed by atoms with van der Waals surface area (Å²) >= 11 is 35.9. The Bertz CT molecular complexity index is 1040. The molecule has 130 valence electrons. The molecular formula is C12Cl6N2O5.